The topological polar surface area (TPSA) is 62.6 Å². The summed E-state index contributed by atoms with van der Waals surface area (Å²) in [5.74, 6) is 1.74. The van der Waals surface area contributed by atoms with Crippen LogP contribution in [0.5, 0.6) is 11.5 Å². The first-order valence-corrected chi connectivity index (χ1v) is 12.1. The van der Waals surface area contributed by atoms with Crippen molar-refractivity contribution < 1.29 is 19.0 Å². The third-order valence-electron chi connectivity index (χ3n) is 5.72. The fraction of sp³-hybridized carbons (Fsp3) is 0.286. The van der Waals surface area contributed by atoms with Crippen LogP contribution in [0.4, 0.5) is 0 Å². The fourth-order valence-electron chi connectivity index (χ4n) is 3.90. The highest BCUT2D eigenvalue weighted by molar-refractivity contribution is 6.30. The van der Waals surface area contributed by atoms with E-state index in [9.17, 15) is 4.79 Å². The van der Waals surface area contributed by atoms with Crippen LogP contribution < -0.4 is 9.47 Å². The van der Waals surface area contributed by atoms with Crippen LogP contribution in [0.2, 0.25) is 5.02 Å². The molecule has 1 aromatic heterocycles. The number of halogens is 1. The second kappa shape index (κ2) is 11.3. The molecule has 0 aliphatic heterocycles. The molecule has 0 N–H and O–H groups in total. The summed E-state index contributed by atoms with van der Waals surface area (Å²) in [5, 5.41) is 0.691. The van der Waals surface area contributed by atoms with E-state index in [-0.39, 0.29) is 5.97 Å². The van der Waals surface area contributed by atoms with E-state index in [1.165, 1.54) is 0 Å². The quantitative estimate of drug-likeness (QED) is 0.225. The number of carbonyl (C=O) groups excluding carboxylic acids is 1. The van der Waals surface area contributed by atoms with Crippen molar-refractivity contribution in [1.29, 1.82) is 0 Å². The molecule has 0 saturated heterocycles. The van der Waals surface area contributed by atoms with E-state index in [4.69, 9.17) is 30.8 Å². The molecule has 0 saturated carbocycles. The normalized spacial score (nSPS) is 11.0. The number of carbonyl (C=O) groups is 1. The predicted molar refractivity (Wildman–Crippen MR) is 138 cm³/mol. The molecule has 0 bridgehead atoms. The SMILES string of the molecule is CCCCn1c(-c2ccc(OCc3ccc(Cl)cc3)c(OC)c2)nc2cc(C(=O)OCC)ccc21. The van der Waals surface area contributed by atoms with E-state index >= 15 is 0 Å². The summed E-state index contributed by atoms with van der Waals surface area (Å²) in [6.45, 7) is 5.51. The number of methoxy groups -OCH3 is 1. The second-order valence-electron chi connectivity index (χ2n) is 8.15. The average Bonchev–Trinajstić information content (AvgIpc) is 3.24. The molecule has 6 nitrogen and oxygen atoms in total. The van der Waals surface area contributed by atoms with Crippen LogP contribution >= 0.6 is 11.6 Å². The van der Waals surface area contributed by atoms with Gasteiger partial charge in [0.05, 0.1) is 30.3 Å². The fourth-order valence-corrected chi connectivity index (χ4v) is 4.03. The first kappa shape index (κ1) is 24.6. The number of esters is 1. The summed E-state index contributed by atoms with van der Waals surface area (Å²) in [6, 6.07) is 18.9. The molecule has 182 valence electrons. The van der Waals surface area contributed by atoms with Crippen molar-refractivity contribution in [1.82, 2.24) is 9.55 Å². The lowest BCUT2D eigenvalue weighted by Crippen LogP contribution is -2.04. The molecular weight excluding hydrogens is 464 g/mol. The molecule has 0 unspecified atom stereocenters. The highest BCUT2D eigenvalue weighted by atomic mass is 35.5. The monoisotopic (exact) mass is 492 g/mol. The Morgan fingerprint density at radius 3 is 2.51 bits per heavy atom. The van der Waals surface area contributed by atoms with Crippen LogP contribution in [0.3, 0.4) is 0 Å². The van der Waals surface area contributed by atoms with E-state index < -0.39 is 0 Å². The van der Waals surface area contributed by atoms with Gasteiger partial charge in [-0.05, 0) is 67.4 Å². The molecule has 4 aromatic rings. The molecule has 3 aromatic carbocycles. The van der Waals surface area contributed by atoms with Gasteiger partial charge in [0.2, 0.25) is 0 Å². The third-order valence-corrected chi connectivity index (χ3v) is 5.98. The Bertz CT molecular complexity index is 1310. The number of unbranched alkanes of at least 4 members (excludes halogenated alkanes) is 1. The maximum atomic E-state index is 12.2. The van der Waals surface area contributed by atoms with Crippen LogP contribution in [-0.4, -0.2) is 29.2 Å². The number of rotatable bonds is 10. The summed E-state index contributed by atoms with van der Waals surface area (Å²) in [7, 11) is 1.62. The summed E-state index contributed by atoms with van der Waals surface area (Å²) >= 11 is 5.97. The van der Waals surface area contributed by atoms with Gasteiger partial charge in [-0.15, -0.1) is 0 Å². The van der Waals surface area contributed by atoms with Crippen LogP contribution in [0.15, 0.2) is 60.7 Å². The molecule has 0 spiro atoms. The minimum Gasteiger partial charge on any atom is -0.493 e. The molecule has 0 radical (unpaired) electrons. The van der Waals surface area contributed by atoms with Crippen molar-refractivity contribution in [3.05, 3.63) is 76.8 Å². The van der Waals surface area contributed by atoms with Gasteiger partial charge < -0.3 is 18.8 Å². The number of hydrogen-bond acceptors (Lipinski definition) is 5. The van der Waals surface area contributed by atoms with Crippen LogP contribution in [0.25, 0.3) is 22.4 Å². The number of hydrogen-bond donors (Lipinski definition) is 0. The lowest BCUT2D eigenvalue weighted by molar-refractivity contribution is 0.0526. The number of fused-ring (bicyclic) bond motifs is 1. The van der Waals surface area contributed by atoms with Crippen LogP contribution in [0.1, 0.15) is 42.6 Å². The van der Waals surface area contributed by atoms with Gasteiger partial charge in [0.1, 0.15) is 12.4 Å². The molecule has 7 heteroatoms. The van der Waals surface area contributed by atoms with Gasteiger partial charge in [-0.1, -0.05) is 37.1 Å². The molecule has 1 heterocycles. The van der Waals surface area contributed by atoms with Crippen molar-refractivity contribution in [2.75, 3.05) is 13.7 Å². The van der Waals surface area contributed by atoms with Crippen LogP contribution in [0, 0.1) is 0 Å². The zero-order valence-electron chi connectivity index (χ0n) is 20.2. The van der Waals surface area contributed by atoms with E-state index in [2.05, 4.69) is 11.5 Å². The Balaban J connectivity index is 1.68. The van der Waals surface area contributed by atoms with Gasteiger partial charge >= 0.3 is 5.97 Å². The standard InChI is InChI=1S/C28H29ClN2O4/c1-4-6-15-31-24-13-9-21(28(32)34-5-2)16-23(24)30-27(31)20-10-14-25(26(17-20)33-3)35-18-19-7-11-22(29)12-8-19/h7-14,16-17H,4-6,15,18H2,1-3H3. The highest BCUT2D eigenvalue weighted by Crippen LogP contribution is 2.34. The Labute approximate surface area is 210 Å². The Hall–Kier alpha value is -3.51. The number of aromatic nitrogens is 2. The van der Waals surface area contributed by atoms with Crippen LogP contribution in [-0.2, 0) is 17.9 Å². The van der Waals surface area contributed by atoms with Gasteiger partial charge in [0, 0.05) is 17.1 Å². The largest absolute Gasteiger partial charge is 0.493 e. The summed E-state index contributed by atoms with van der Waals surface area (Å²) in [6.07, 6.45) is 2.07. The van der Waals surface area contributed by atoms with Gasteiger partial charge in [-0.2, -0.15) is 0 Å². The Kier molecular flexibility index (Phi) is 7.93. The molecule has 0 atom stereocenters. The summed E-state index contributed by atoms with van der Waals surface area (Å²) in [4.78, 5) is 17.1. The molecule has 0 fully saturated rings. The molecule has 4 rings (SSSR count). The van der Waals surface area contributed by atoms with Gasteiger partial charge in [-0.3, -0.25) is 0 Å². The smallest absolute Gasteiger partial charge is 0.338 e. The molecule has 35 heavy (non-hydrogen) atoms. The number of benzene rings is 3. The predicted octanol–water partition coefficient (Wildman–Crippen LogP) is 6.92. The Morgan fingerprint density at radius 1 is 1.00 bits per heavy atom. The highest BCUT2D eigenvalue weighted by Gasteiger charge is 2.17. The molecule has 0 aliphatic rings. The van der Waals surface area contributed by atoms with Gasteiger partial charge in [0.15, 0.2) is 11.5 Å². The summed E-state index contributed by atoms with van der Waals surface area (Å²) < 4.78 is 19.0. The molecule has 0 aliphatic carbocycles. The van der Waals surface area contributed by atoms with Crippen molar-refractivity contribution in [3.63, 3.8) is 0 Å². The molecular formula is C28H29ClN2O4. The van der Waals surface area contributed by atoms with E-state index in [0.29, 0.717) is 35.3 Å². The first-order chi connectivity index (χ1) is 17.0. The van der Waals surface area contributed by atoms with Crippen molar-refractivity contribution in [3.8, 4) is 22.9 Å². The first-order valence-electron chi connectivity index (χ1n) is 11.8. The third kappa shape index (κ3) is 5.60. The van der Waals surface area contributed by atoms with Crippen molar-refractivity contribution >= 4 is 28.6 Å². The minimum absolute atomic E-state index is 0.333. The number of ether oxygens (including phenoxy) is 3. The number of aryl methyl sites for hydroxylation is 1. The summed E-state index contributed by atoms with van der Waals surface area (Å²) in [5.41, 5.74) is 4.15. The van der Waals surface area contributed by atoms with E-state index in [0.717, 1.165) is 47.4 Å². The van der Waals surface area contributed by atoms with E-state index in [1.807, 2.05) is 48.5 Å². The maximum Gasteiger partial charge on any atom is 0.338 e. The number of nitrogens with zero attached hydrogens (tertiary/aromatic N) is 2. The Morgan fingerprint density at radius 2 is 1.80 bits per heavy atom. The second-order valence-corrected chi connectivity index (χ2v) is 8.58. The molecule has 0 amide bonds. The zero-order chi connectivity index (χ0) is 24.8. The lowest BCUT2D eigenvalue weighted by atomic mass is 10.1. The van der Waals surface area contributed by atoms with Gasteiger partial charge in [0.25, 0.3) is 0 Å². The van der Waals surface area contributed by atoms with Gasteiger partial charge in [-0.25, -0.2) is 9.78 Å². The van der Waals surface area contributed by atoms with Crippen molar-refractivity contribution in [2.24, 2.45) is 0 Å². The maximum absolute atomic E-state index is 12.2. The number of imidazole rings is 1. The van der Waals surface area contributed by atoms with E-state index in [1.54, 1.807) is 26.2 Å². The zero-order valence-corrected chi connectivity index (χ0v) is 21.0. The average molecular weight is 493 g/mol. The minimum atomic E-state index is -0.345. The lowest BCUT2D eigenvalue weighted by Gasteiger charge is -2.13. The van der Waals surface area contributed by atoms with Crippen molar-refractivity contribution in [2.45, 2.75) is 39.8 Å².